The van der Waals surface area contributed by atoms with E-state index < -0.39 is 5.60 Å². The number of imidazole rings is 1. The Kier molecular flexibility index (Phi) is 6.04. The van der Waals surface area contributed by atoms with Crippen molar-refractivity contribution >= 4 is 40.3 Å². The molecule has 1 fully saturated rings. The third-order valence-corrected chi connectivity index (χ3v) is 5.75. The van der Waals surface area contributed by atoms with Gasteiger partial charge >= 0.3 is 6.09 Å². The van der Waals surface area contributed by atoms with Gasteiger partial charge in [-0.1, -0.05) is 41.4 Å². The summed E-state index contributed by atoms with van der Waals surface area (Å²) >= 11 is 12.3. The molecule has 0 radical (unpaired) electrons. The molecule has 164 valence electrons. The van der Waals surface area contributed by atoms with E-state index in [2.05, 4.69) is 4.98 Å². The minimum absolute atomic E-state index is 0.156. The second-order valence-electron chi connectivity index (χ2n) is 8.67. The molecule has 1 aliphatic rings. The lowest BCUT2D eigenvalue weighted by Crippen LogP contribution is -2.36. The molecule has 1 saturated heterocycles. The Bertz CT molecular complexity index is 1110. The molecule has 8 heteroatoms. The van der Waals surface area contributed by atoms with Crippen molar-refractivity contribution in [2.24, 2.45) is 0 Å². The molecule has 31 heavy (non-hydrogen) atoms. The zero-order valence-corrected chi connectivity index (χ0v) is 19.3. The highest BCUT2D eigenvalue weighted by Crippen LogP contribution is 2.28. The first-order chi connectivity index (χ1) is 14.7. The van der Waals surface area contributed by atoms with E-state index in [0.717, 1.165) is 23.0 Å². The van der Waals surface area contributed by atoms with E-state index in [1.54, 1.807) is 11.0 Å². The average molecular weight is 462 g/mol. The van der Waals surface area contributed by atoms with Crippen LogP contribution < -0.4 is 4.74 Å². The van der Waals surface area contributed by atoms with Gasteiger partial charge in [-0.25, -0.2) is 4.79 Å². The van der Waals surface area contributed by atoms with Gasteiger partial charge in [-0.15, -0.1) is 0 Å². The van der Waals surface area contributed by atoms with E-state index in [1.807, 2.05) is 61.7 Å². The monoisotopic (exact) mass is 461 g/mol. The number of likely N-dealkylation sites (tertiary alicyclic amines) is 1. The van der Waals surface area contributed by atoms with E-state index in [4.69, 9.17) is 32.7 Å². The van der Waals surface area contributed by atoms with Crippen LogP contribution in [0, 0.1) is 0 Å². The largest absolute Gasteiger partial charge is 0.459 e. The Morgan fingerprint density at radius 3 is 2.68 bits per heavy atom. The Balaban J connectivity index is 1.55. The summed E-state index contributed by atoms with van der Waals surface area (Å²) in [6, 6.07) is 14.0. The van der Waals surface area contributed by atoms with Gasteiger partial charge in [0.15, 0.2) is 0 Å². The molecule has 6 nitrogen and oxygen atoms in total. The SMILES string of the molecule is CC(C)(C)OC(=O)N1CC[C@H](Oc2nc3ccccc3n2Cc2ccc(Cl)c(Cl)c2)C1. The molecule has 1 amide bonds. The van der Waals surface area contributed by atoms with Crippen molar-refractivity contribution in [3.05, 3.63) is 58.1 Å². The number of hydrogen-bond acceptors (Lipinski definition) is 4. The van der Waals surface area contributed by atoms with Crippen LogP contribution in [0.2, 0.25) is 10.0 Å². The number of carbonyl (C=O) groups excluding carboxylic acids is 1. The fourth-order valence-electron chi connectivity index (χ4n) is 3.58. The van der Waals surface area contributed by atoms with E-state index in [0.29, 0.717) is 35.7 Å². The quantitative estimate of drug-likeness (QED) is 0.493. The third kappa shape index (κ3) is 5.08. The molecule has 4 rings (SSSR count). The van der Waals surface area contributed by atoms with Gasteiger partial charge in [0.2, 0.25) is 0 Å². The topological polar surface area (TPSA) is 56.6 Å². The number of fused-ring (bicyclic) bond motifs is 1. The Morgan fingerprint density at radius 2 is 1.94 bits per heavy atom. The summed E-state index contributed by atoms with van der Waals surface area (Å²) in [6.45, 7) is 7.17. The predicted molar refractivity (Wildman–Crippen MR) is 122 cm³/mol. The normalized spacial score (nSPS) is 16.7. The minimum Gasteiger partial charge on any atom is -0.459 e. The van der Waals surface area contributed by atoms with Crippen molar-refractivity contribution in [3.8, 4) is 6.01 Å². The number of carbonyl (C=O) groups is 1. The van der Waals surface area contributed by atoms with E-state index in [-0.39, 0.29) is 12.2 Å². The molecular weight excluding hydrogens is 437 g/mol. The van der Waals surface area contributed by atoms with Crippen LogP contribution in [-0.4, -0.2) is 45.3 Å². The molecule has 0 saturated carbocycles. The molecule has 0 unspecified atom stereocenters. The van der Waals surface area contributed by atoms with Crippen LogP contribution >= 0.6 is 23.2 Å². The maximum absolute atomic E-state index is 12.4. The van der Waals surface area contributed by atoms with Crippen LogP contribution in [0.1, 0.15) is 32.8 Å². The van der Waals surface area contributed by atoms with Gasteiger partial charge in [0.1, 0.15) is 11.7 Å². The van der Waals surface area contributed by atoms with Crippen molar-refractivity contribution in [2.45, 2.75) is 45.4 Å². The molecule has 1 atom stereocenters. The molecule has 1 aromatic heterocycles. The van der Waals surface area contributed by atoms with Gasteiger partial charge in [-0.3, -0.25) is 4.57 Å². The molecule has 3 aromatic rings. The third-order valence-electron chi connectivity index (χ3n) is 5.01. The molecule has 0 N–H and O–H groups in total. The standard InChI is InChI=1S/C23H25Cl2N3O3/c1-23(2,3)31-22(29)27-11-10-16(14-27)30-21-26-19-6-4-5-7-20(19)28(21)13-15-8-9-17(24)18(25)12-15/h4-9,12,16H,10-11,13-14H2,1-3H3/t16-/m0/s1. The van der Waals surface area contributed by atoms with Crippen LogP contribution in [0.25, 0.3) is 11.0 Å². The summed E-state index contributed by atoms with van der Waals surface area (Å²) in [5, 5.41) is 1.03. The highest BCUT2D eigenvalue weighted by molar-refractivity contribution is 6.42. The summed E-state index contributed by atoms with van der Waals surface area (Å²) in [5.74, 6) is 0. The summed E-state index contributed by atoms with van der Waals surface area (Å²) < 4.78 is 13.8. The predicted octanol–water partition coefficient (Wildman–Crippen LogP) is 5.78. The minimum atomic E-state index is -0.524. The zero-order chi connectivity index (χ0) is 22.2. The number of amides is 1. The van der Waals surface area contributed by atoms with Gasteiger partial charge in [0, 0.05) is 13.0 Å². The maximum atomic E-state index is 12.4. The summed E-state index contributed by atoms with van der Waals surface area (Å²) in [7, 11) is 0. The van der Waals surface area contributed by atoms with Crippen molar-refractivity contribution in [3.63, 3.8) is 0 Å². The molecular formula is C23H25Cl2N3O3. The number of hydrogen-bond donors (Lipinski definition) is 0. The Labute approximate surface area is 191 Å². The van der Waals surface area contributed by atoms with Crippen LogP contribution in [0.5, 0.6) is 6.01 Å². The number of halogens is 2. The van der Waals surface area contributed by atoms with Crippen LogP contribution in [0.3, 0.4) is 0 Å². The number of aromatic nitrogens is 2. The highest BCUT2D eigenvalue weighted by Gasteiger charge is 2.32. The van der Waals surface area contributed by atoms with E-state index >= 15 is 0 Å². The zero-order valence-electron chi connectivity index (χ0n) is 17.8. The smallest absolute Gasteiger partial charge is 0.410 e. The lowest BCUT2D eigenvalue weighted by molar-refractivity contribution is 0.0273. The second kappa shape index (κ2) is 8.60. The first kappa shape index (κ1) is 21.8. The summed E-state index contributed by atoms with van der Waals surface area (Å²) in [6.07, 6.45) is 0.245. The molecule has 2 aromatic carbocycles. The molecule has 0 bridgehead atoms. The fourth-order valence-corrected chi connectivity index (χ4v) is 3.90. The second-order valence-corrected chi connectivity index (χ2v) is 9.49. The molecule has 1 aliphatic heterocycles. The Morgan fingerprint density at radius 1 is 1.16 bits per heavy atom. The number of nitrogens with zero attached hydrogens (tertiary/aromatic N) is 3. The van der Waals surface area contributed by atoms with Crippen molar-refractivity contribution in [2.75, 3.05) is 13.1 Å². The lowest BCUT2D eigenvalue weighted by atomic mass is 10.2. The first-order valence-electron chi connectivity index (χ1n) is 10.2. The molecule has 0 spiro atoms. The number of ether oxygens (including phenoxy) is 2. The van der Waals surface area contributed by atoms with E-state index in [1.165, 1.54) is 0 Å². The average Bonchev–Trinajstić information content (AvgIpc) is 3.29. The van der Waals surface area contributed by atoms with Gasteiger partial charge in [-0.05, 0) is 50.6 Å². The molecule has 2 heterocycles. The van der Waals surface area contributed by atoms with Gasteiger partial charge < -0.3 is 14.4 Å². The van der Waals surface area contributed by atoms with Crippen molar-refractivity contribution in [1.82, 2.24) is 14.5 Å². The van der Waals surface area contributed by atoms with Gasteiger partial charge in [-0.2, -0.15) is 4.98 Å². The number of rotatable bonds is 4. The van der Waals surface area contributed by atoms with E-state index in [9.17, 15) is 4.79 Å². The van der Waals surface area contributed by atoms with Gasteiger partial charge in [0.05, 0.1) is 34.2 Å². The fraction of sp³-hybridized carbons (Fsp3) is 0.391. The number of para-hydroxylation sites is 2. The first-order valence-corrected chi connectivity index (χ1v) is 11.0. The van der Waals surface area contributed by atoms with Crippen molar-refractivity contribution < 1.29 is 14.3 Å². The lowest BCUT2D eigenvalue weighted by Gasteiger charge is -2.24. The highest BCUT2D eigenvalue weighted by atomic mass is 35.5. The van der Waals surface area contributed by atoms with Crippen LogP contribution in [-0.2, 0) is 11.3 Å². The van der Waals surface area contributed by atoms with Gasteiger partial charge in [0.25, 0.3) is 6.01 Å². The van der Waals surface area contributed by atoms with Crippen LogP contribution in [0.15, 0.2) is 42.5 Å². The Hall–Kier alpha value is -2.44. The summed E-state index contributed by atoms with van der Waals surface area (Å²) in [5.41, 5.74) is 2.28. The van der Waals surface area contributed by atoms with Crippen LogP contribution in [0.4, 0.5) is 4.79 Å². The summed E-state index contributed by atoms with van der Waals surface area (Å²) in [4.78, 5) is 18.7. The van der Waals surface area contributed by atoms with Crippen molar-refractivity contribution in [1.29, 1.82) is 0 Å². The maximum Gasteiger partial charge on any atom is 0.410 e. The number of benzene rings is 2. The molecule has 0 aliphatic carbocycles.